The maximum atomic E-state index is 12.6. The zero-order valence-corrected chi connectivity index (χ0v) is 12.9. The van der Waals surface area contributed by atoms with Gasteiger partial charge in [-0.2, -0.15) is 0 Å². The van der Waals surface area contributed by atoms with E-state index in [0.717, 1.165) is 0 Å². The number of hydrogen-bond donors (Lipinski definition) is 1. The maximum absolute atomic E-state index is 12.6. The van der Waals surface area contributed by atoms with Crippen molar-refractivity contribution in [3.8, 4) is 0 Å². The molecular weight excluding hydrogens is 289 g/mol. The summed E-state index contributed by atoms with van der Waals surface area (Å²) in [5, 5.41) is 10.2. The molecular formula is C13H20Cl2NO3+. The smallest absolute Gasteiger partial charge is 0.353 e. The van der Waals surface area contributed by atoms with Gasteiger partial charge in [0.25, 0.3) is 4.33 Å². The molecule has 1 unspecified atom stereocenters. The predicted molar refractivity (Wildman–Crippen MR) is 75.0 cm³/mol. The van der Waals surface area contributed by atoms with Gasteiger partial charge in [-0.25, -0.2) is 4.79 Å². The van der Waals surface area contributed by atoms with Crippen molar-refractivity contribution in [3.05, 3.63) is 24.2 Å². The number of carbonyl (C=O) groups is 1. The SMILES string of the molecule is CC[N+](CC)(CC)C(=O)C(Cl)(Cl)C(O)c1ccco1. The van der Waals surface area contributed by atoms with Crippen molar-refractivity contribution in [3.63, 3.8) is 0 Å². The molecule has 1 amide bonds. The largest absolute Gasteiger partial charge is 0.466 e. The lowest BCUT2D eigenvalue weighted by Crippen LogP contribution is -2.59. The highest BCUT2D eigenvalue weighted by molar-refractivity contribution is 6.57. The van der Waals surface area contributed by atoms with Crippen LogP contribution in [0.15, 0.2) is 22.8 Å². The summed E-state index contributed by atoms with van der Waals surface area (Å²) in [4.78, 5) is 12.6. The summed E-state index contributed by atoms with van der Waals surface area (Å²) in [5.74, 6) is -0.230. The molecule has 4 nitrogen and oxygen atoms in total. The Morgan fingerprint density at radius 3 is 2.26 bits per heavy atom. The van der Waals surface area contributed by atoms with E-state index in [1.54, 1.807) is 6.07 Å². The summed E-state index contributed by atoms with van der Waals surface area (Å²) < 4.78 is 3.25. The first kappa shape index (κ1) is 16.5. The Hall–Kier alpha value is -0.550. The van der Waals surface area contributed by atoms with Gasteiger partial charge in [0.2, 0.25) is 0 Å². The Morgan fingerprint density at radius 1 is 1.37 bits per heavy atom. The lowest BCUT2D eigenvalue weighted by atomic mass is 10.1. The quantitative estimate of drug-likeness (QED) is 0.649. The first-order valence-corrected chi connectivity index (χ1v) is 7.11. The molecule has 6 heteroatoms. The number of alkyl halides is 2. The molecule has 0 aliphatic heterocycles. The van der Waals surface area contributed by atoms with E-state index in [0.29, 0.717) is 19.6 Å². The van der Waals surface area contributed by atoms with Crippen LogP contribution in [-0.4, -0.2) is 39.5 Å². The standard InChI is InChI=1S/C13H20Cl2NO3/c1-4-16(5-2,6-3)12(18)13(14,15)11(17)10-8-7-9-19-10/h7-9,11,17H,4-6H2,1-3H3/q+1. The molecule has 0 aliphatic carbocycles. The van der Waals surface area contributed by atoms with E-state index >= 15 is 0 Å². The van der Waals surface area contributed by atoms with Crippen LogP contribution in [0.3, 0.4) is 0 Å². The van der Waals surface area contributed by atoms with Crippen LogP contribution >= 0.6 is 23.2 Å². The number of rotatable bonds is 6. The van der Waals surface area contributed by atoms with Crippen molar-refractivity contribution >= 4 is 29.1 Å². The Balaban J connectivity index is 3.08. The highest BCUT2D eigenvalue weighted by Crippen LogP contribution is 2.39. The van der Waals surface area contributed by atoms with Gasteiger partial charge < -0.3 is 9.52 Å². The van der Waals surface area contributed by atoms with E-state index in [2.05, 4.69) is 0 Å². The van der Waals surface area contributed by atoms with Crippen molar-refractivity contribution in [1.29, 1.82) is 0 Å². The fraction of sp³-hybridized carbons (Fsp3) is 0.615. The van der Waals surface area contributed by atoms with Crippen LogP contribution in [0.5, 0.6) is 0 Å². The third kappa shape index (κ3) is 2.97. The van der Waals surface area contributed by atoms with E-state index < -0.39 is 16.3 Å². The second kappa shape index (κ2) is 6.27. The van der Waals surface area contributed by atoms with E-state index in [1.165, 1.54) is 12.3 Å². The molecule has 1 aromatic heterocycles. The molecule has 0 bridgehead atoms. The number of halogens is 2. The summed E-state index contributed by atoms with van der Waals surface area (Å²) in [6, 6.07) is 3.14. The zero-order valence-electron chi connectivity index (χ0n) is 11.4. The van der Waals surface area contributed by atoms with Crippen LogP contribution in [0.25, 0.3) is 0 Å². The first-order valence-electron chi connectivity index (χ1n) is 6.36. The minimum Gasteiger partial charge on any atom is -0.466 e. The van der Waals surface area contributed by atoms with E-state index in [9.17, 15) is 9.90 Å². The van der Waals surface area contributed by atoms with Crippen LogP contribution in [0.1, 0.15) is 32.6 Å². The summed E-state index contributed by atoms with van der Waals surface area (Å²) in [5.41, 5.74) is 0. The molecule has 1 N–H and O–H groups in total. The van der Waals surface area contributed by atoms with Crippen molar-refractivity contribution in [1.82, 2.24) is 0 Å². The highest BCUT2D eigenvalue weighted by Gasteiger charge is 2.53. The Bertz CT molecular complexity index is 405. The Kier molecular flexibility index (Phi) is 5.44. The van der Waals surface area contributed by atoms with E-state index in [1.807, 2.05) is 20.8 Å². The fourth-order valence-electron chi connectivity index (χ4n) is 2.16. The Morgan fingerprint density at radius 2 is 1.89 bits per heavy atom. The minimum absolute atomic E-state index is 0.116. The second-order valence-electron chi connectivity index (χ2n) is 4.44. The molecule has 1 aromatic rings. The molecule has 0 fully saturated rings. The van der Waals surface area contributed by atoms with Gasteiger partial charge in [-0.3, -0.25) is 4.48 Å². The summed E-state index contributed by atoms with van der Waals surface area (Å²) >= 11 is 12.3. The number of amides is 1. The first-order chi connectivity index (χ1) is 8.85. The van der Waals surface area contributed by atoms with Crippen LogP contribution in [0.2, 0.25) is 0 Å². The molecule has 1 atom stereocenters. The van der Waals surface area contributed by atoms with Crippen molar-refractivity contribution < 1.29 is 18.8 Å². The number of nitrogens with zero attached hydrogens (tertiary/aromatic N) is 1. The predicted octanol–water partition coefficient (Wildman–Crippen LogP) is 2.89. The molecule has 0 saturated carbocycles. The van der Waals surface area contributed by atoms with Gasteiger partial charge >= 0.3 is 5.91 Å². The highest BCUT2D eigenvalue weighted by atomic mass is 35.5. The van der Waals surface area contributed by atoms with Crippen molar-refractivity contribution in [2.24, 2.45) is 0 Å². The molecule has 19 heavy (non-hydrogen) atoms. The third-order valence-electron chi connectivity index (χ3n) is 3.69. The van der Waals surface area contributed by atoms with Crippen molar-refractivity contribution in [2.75, 3.05) is 19.6 Å². The molecule has 0 aliphatic rings. The molecule has 0 spiro atoms. The molecule has 0 aromatic carbocycles. The minimum atomic E-state index is -1.93. The zero-order chi connectivity index (χ0) is 14.7. The average molecular weight is 309 g/mol. The summed E-state index contributed by atoms with van der Waals surface area (Å²) in [6.07, 6.45) is 0.00884. The summed E-state index contributed by atoms with van der Waals surface area (Å²) in [6.45, 7) is 7.39. The van der Waals surface area contributed by atoms with Crippen molar-refractivity contribution in [2.45, 2.75) is 31.2 Å². The number of aliphatic hydroxyl groups is 1. The number of aliphatic hydroxyl groups excluding tert-OH is 1. The van der Waals surface area contributed by atoms with Gasteiger partial charge in [0.1, 0.15) is 5.76 Å². The summed E-state index contributed by atoms with van der Waals surface area (Å²) in [7, 11) is 0. The molecule has 0 saturated heterocycles. The molecule has 1 heterocycles. The van der Waals surface area contributed by atoms with Crippen LogP contribution < -0.4 is 0 Å². The van der Waals surface area contributed by atoms with Gasteiger partial charge in [-0.15, -0.1) is 0 Å². The van der Waals surface area contributed by atoms with Gasteiger partial charge in [-0.1, -0.05) is 23.2 Å². The monoisotopic (exact) mass is 308 g/mol. The third-order valence-corrected chi connectivity index (χ3v) is 4.42. The lowest BCUT2D eigenvalue weighted by molar-refractivity contribution is -0.849. The molecule has 1 rings (SSSR count). The van der Waals surface area contributed by atoms with E-state index in [4.69, 9.17) is 27.6 Å². The number of quaternary nitrogens is 1. The van der Waals surface area contributed by atoms with Gasteiger partial charge in [0.05, 0.1) is 25.9 Å². The van der Waals surface area contributed by atoms with Crippen LogP contribution in [0.4, 0.5) is 0 Å². The fourth-order valence-corrected chi connectivity index (χ4v) is 2.73. The second-order valence-corrected chi connectivity index (χ2v) is 5.83. The molecule has 0 radical (unpaired) electrons. The topological polar surface area (TPSA) is 50.4 Å². The Labute approximate surface area is 123 Å². The van der Waals surface area contributed by atoms with Crippen LogP contribution in [-0.2, 0) is 4.79 Å². The maximum Gasteiger partial charge on any atom is 0.353 e. The number of furan rings is 1. The molecule has 108 valence electrons. The average Bonchev–Trinajstić information content (AvgIpc) is 2.94. The lowest BCUT2D eigenvalue weighted by Gasteiger charge is -2.37. The van der Waals surface area contributed by atoms with Gasteiger partial charge in [0.15, 0.2) is 6.10 Å². The van der Waals surface area contributed by atoms with E-state index in [-0.39, 0.29) is 10.2 Å². The van der Waals surface area contributed by atoms with Gasteiger partial charge in [0, 0.05) is 0 Å². The van der Waals surface area contributed by atoms with Gasteiger partial charge in [-0.05, 0) is 32.9 Å². The number of hydrogen-bond acceptors (Lipinski definition) is 3. The van der Waals surface area contributed by atoms with Crippen LogP contribution in [0, 0.1) is 0 Å². The normalized spacial score (nSPS) is 14.4. The number of carbonyl (C=O) groups excluding carboxylic acids is 1.